The smallest absolute Gasteiger partial charge is 0.123 e. The molecule has 0 amide bonds. The van der Waals surface area contributed by atoms with Gasteiger partial charge in [0, 0.05) is 10.6 Å². The van der Waals surface area contributed by atoms with Crippen molar-refractivity contribution in [2.24, 2.45) is 0 Å². The minimum absolute atomic E-state index is 0.110. The van der Waals surface area contributed by atoms with Gasteiger partial charge in [0.2, 0.25) is 0 Å². The second-order valence-corrected chi connectivity index (χ2v) is 4.49. The van der Waals surface area contributed by atoms with Crippen molar-refractivity contribution in [3.05, 3.63) is 52.8 Å². The van der Waals surface area contributed by atoms with E-state index < -0.39 is 0 Å². The van der Waals surface area contributed by atoms with Gasteiger partial charge in [-0.3, -0.25) is 0 Å². The van der Waals surface area contributed by atoms with Gasteiger partial charge in [-0.1, -0.05) is 11.6 Å². The molecule has 0 aliphatic carbocycles. The van der Waals surface area contributed by atoms with E-state index in [0.29, 0.717) is 28.5 Å². The first-order valence-electron chi connectivity index (χ1n) is 5.97. The Labute approximate surface area is 116 Å². The molecule has 2 aromatic rings. The van der Waals surface area contributed by atoms with Gasteiger partial charge in [-0.2, -0.15) is 0 Å². The largest absolute Gasteiger partial charge is 0.494 e. The third-order valence-corrected chi connectivity index (χ3v) is 3.03. The van der Waals surface area contributed by atoms with Gasteiger partial charge in [0.25, 0.3) is 0 Å². The van der Waals surface area contributed by atoms with Gasteiger partial charge in [0.1, 0.15) is 11.6 Å². The molecule has 0 bridgehead atoms. The Kier molecular flexibility index (Phi) is 4.40. The molecule has 2 nitrogen and oxygen atoms in total. The summed E-state index contributed by atoms with van der Waals surface area (Å²) in [4.78, 5) is 0. The number of rotatable bonds is 4. The summed E-state index contributed by atoms with van der Waals surface area (Å²) in [6.07, 6.45) is 0. The molecule has 0 unspecified atom stereocenters. The first kappa shape index (κ1) is 13.8. The van der Waals surface area contributed by atoms with E-state index in [1.807, 2.05) is 6.92 Å². The lowest BCUT2D eigenvalue weighted by molar-refractivity contribution is 0.280. The molecule has 0 radical (unpaired) electrons. The van der Waals surface area contributed by atoms with Crippen LogP contribution in [-0.4, -0.2) is 11.7 Å². The van der Waals surface area contributed by atoms with Gasteiger partial charge in [-0.05, 0) is 54.4 Å². The van der Waals surface area contributed by atoms with E-state index in [1.54, 1.807) is 18.2 Å². The molecule has 100 valence electrons. The summed E-state index contributed by atoms with van der Waals surface area (Å²) in [6, 6.07) is 9.49. The van der Waals surface area contributed by atoms with E-state index in [4.69, 9.17) is 16.3 Å². The van der Waals surface area contributed by atoms with E-state index >= 15 is 0 Å². The predicted molar refractivity (Wildman–Crippen MR) is 73.9 cm³/mol. The number of aliphatic hydroxyl groups excluding tert-OH is 1. The standard InChI is InChI=1S/C15H14ClFO2/c1-2-19-13-6-10(9-18)5-11(7-13)14-8-12(17)3-4-15(14)16/h3-8,18H,2,9H2,1H3. The normalized spacial score (nSPS) is 10.5. The van der Waals surface area contributed by atoms with Crippen LogP contribution in [0.3, 0.4) is 0 Å². The van der Waals surface area contributed by atoms with Crippen molar-refractivity contribution in [3.8, 4) is 16.9 Å². The molecule has 2 rings (SSSR count). The molecule has 2 aromatic carbocycles. The summed E-state index contributed by atoms with van der Waals surface area (Å²) in [6.45, 7) is 2.28. The minimum atomic E-state index is -0.355. The Balaban J connectivity index is 2.54. The molecule has 0 atom stereocenters. The minimum Gasteiger partial charge on any atom is -0.494 e. The van der Waals surface area contributed by atoms with Crippen molar-refractivity contribution in [2.45, 2.75) is 13.5 Å². The molecule has 0 heterocycles. The molecule has 0 saturated heterocycles. The predicted octanol–water partition coefficient (Wildman–Crippen LogP) is 4.04. The highest BCUT2D eigenvalue weighted by Crippen LogP contribution is 2.32. The highest BCUT2D eigenvalue weighted by atomic mass is 35.5. The molecule has 0 saturated carbocycles. The lowest BCUT2D eigenvalue weighted by Crippen LogP contribution is -1.94. The van der Waals surface area contributed by atoms with Crippen LogP contribution >= 0.6 is 11.6 Å². The van der Waals surface area contributed by atoms with Gasteiger partial charge in [-0.25, -0.2) is 4.39 Å². The molecule has 0 spiro atoms. The summed E-state index contributed by atoms with van der Waals surface area (Å²) in [5.74, 6) is 0.274. The highest BCUT2D eigenvalue weighted by molar-refractivity contribution is 6.33. The topological polar surface area (TPSA) is 29.5 Å². The van der Waals surface area contributed by atoms with Crippen molar-refractivity contribution in [1.82, 2.24) is 0 Å². The molecule has 0 aliphatic rings. The van der Waals surface area contributed by atoms with E-state index in [2.05, 4.69) is 0 Å². The summed E-state index contributed by atoms with van der Waals surface area (Å²) < 4.78 is 18.8. The summed E-state index contributed by atoms with van der Waals surface area (Å²) in [5, 5.41) is 9.72. The van der Waals surface area contributed by atoms with Gasteiger partial charge < -0.3 is 9.84 Å². The lowest BCUT2D eigenvalue weighted by Gasteiger charge is -2.10. The number of halogens is 2. The van der Waals surface area contributed by atoms with Crippen molar-refractivity contribution < 1.29 is 14.2 Å². The zero-order chi connectivity index (χ0) is 13.8. The maximum atomic E-state index is 13.3. The van der Waals surface area contributed by atoms with E-state index in [-0.39, 0.29) is 12.4 Å². The van der Waals surface area contributed by atoms with Crippen molar-refractivity contribution >= 4 is 11.6 Å². The number of benzene rings is 2. The lowest BCUT2D eigenvalue weighted by atomic mass is 10.0. The van der Waals surface area contributed by atoms with Crippen molar-refractivity contribution in [1.29, 1.82) is 0 Å². The summed E-state index contributed by atoms with van der Waals surface area (Å²) in [7, 11) is 0. The number of ether oxygens (including phenoxy) is 1. The van der Waals surface area contributed by atoms with E-state index in [9.17, 15) is 9.50 Å². The maximum Gasteiger partial charge on any atom is 0.123 e. The molecule has 0 fully saturated rings. The van der Waals surface area contributed by atoms with Crippen molar-refractivity contribution in [3.63, 3.8) is 0 Å². The molecule has 19 heavy (non-hydrogen) atoms. The van der Waals surface area contributed by atoms with Gasteiger partial charge in [0.05, 0.1) is 13.2 Å². The Hall–Kier alpha value is -1.58. The zero-order valence-corrected chi connectivity index (χ0v) is 11.2. The van der Waals surface area contributed by atoms with E-state index in [1.165, 1.54) is 18.2 Å². The summed E-state index contributed by atoms with van der Waals surface area (Å²) in [5.41, 5.74) is 2.00. The Morgan fingerprint density at radius 1 is 1.21 bits per heavy atom. The second-order valence-electron chi connectivity index (χ2n) is 4.08. The average Bonchev–Trinajstić information content (AvgIpc) is 2.41. The Morgan fingerprint density at radius 2 is 2.00 bits per heavy atom. The third-order valence-electron chi connectivity index (χ3n) is 2.70. The van der Waals surface area contributed by atoms with Crippen LogP contribution in [0.4, 0.5) is 4.39 Å². The van der Waals surface area contributed by atoms with Crippen LogP contribution in [0, 0.1) is 5.82 Å². The number of hydrogen-bond acceptors (Lipinski definition) is 2. The molecule has 0 aliphatic heterocycles. The zero-order valence-electron chi connectivity index (χ0n) is 10.5. The first-order valence-corrected chi connectivity index (χ1v) is 6.35. The van der Waals surface area contributed by atoms with Crippen LogP contribution in [-0.2, 0) is 6.61 Å². The van der Waals surface area contributed by atoms with Crippen LogP contribution < -0.4 is 4.74 Å². The van der Waals surface area contributed by atoms with Crippen LogP contribution in [0.2, 0.25) is 5.02 Å². The number of aliphatic hydroxyl groups is 1. The fourth-order valence-corrected chi connectivity index (χ4v) is 2.10. The highest BCUT2D eigenvalue weighted by Gasteiger charge is 2.08. The molecular weight excluding hydrogens is 267 g/mol. The van der Waals surface area contributed by atoms with Crippen molar-refractivity contribution in [2.75, 3.05) is 6.61 Å². The fraction of sp³-hybridized carbons (Fsp3) is 0.200. The molecule has 1 N–H and O–H groups in total. The molecule has 0 aromatic heterocycles. The van der Waals surface area contributed by atoms with Crippen LogP contribution in [0.25, 0.3) is 11.1 Å². The Morgan fingerprint density at radius 3 is 2.68 bits per heavy atom. The van der Waals surface area contributed by atoms with Crippen LogP contribution in [0.15, 0.2) is 36.4 Å². The van der Waals surface area contributed by atoms with Crippen LogP contribution in [0.5, 0.6) is 5.75 Å². The number of hydrogen-bond donors (Lipinski definition) is 1. The van der Waals surface area contributed by atoms with E-state index in [0.717, 1.165) is 5.56 Å². The monoisotopic (exact) mass is 280 g/mol. The summed E-state index contributed by atoms with van der Waals surface area (Å²) >= 11 is 6.09. The maximum absolute atomic E-state index is 13.3. The quantitative estimate of drug-likeness (QED) is 0.916. The Bertz CT molecular complexity index is 584. The van der Waals surface area contributed by atoms with Gasteiger partial charge in [0.15, 0.2) is 0 Å². The SMILES string of the molecule is CCOc1cc(CO)cc(-c2cc(F)ccc2Cl)c1. The van der Waals surface area contributed by atoms with Gasteiger partial charge in [-0.15, -0.1) is 0 Å². The molecular formula is C15H14ClFO2. The fourth-order valence-electron chi connectivity index (χ4n) is 1.88. The van der Waals surface area contributed by atoms with Crippen LogP contribution in [0.1, 0.15) is 12.5 Å². The third kappa shape index (κ3) is 3.25. The van der Waals surface area contributed by atoms with Gasteiger partial charge >= 0.3 is 0 Å². The first-order chi connectivity index (χ1) is 9.13. The molecule has 4 heteroatoms. The second kappa shape index (κ2) is 6.04. The average molecular weight is 281 g/mol.